The van der Waals surface area contributed by atoms with Crippen molar-refractivity contribution >= 4 is 11.8 Å². The van der Waals surface area contributed by atoms with Gasteiger partial charge in [0.25, 0.3) is 5.91 Å². The second-order valence-corrected chi connectivity index (χ2v) is 10.3. The third-order valence-electron chi connectivity index (χ3n) is 6.74. The SMILES string of the molecule is CCC=CCC=CCC=CCC=CCC=CCC=CCCC(=O)NCC(CNC(=O)c1cnc(C)cn1)N1CCOCC1. The Morgan fingerprint density at radius 2 is 1.33 bits per heavy atom. The van der Waals surface area contributed by atoms with Gasteiger partial charge in [0, 0.05) is 44.8 Å². The van der Waals surface area contributed by atoms with Crippen molar-refractivity contribution in [1.29, 1.82) is 0 Å². The Morgan fingerprint density at radius 3 is 1.86 bits per heavy atom. The van der Waals surface area contributed by atoms with Gasteiger partial charge in [-0.3, -0.25) is 19.5 Å². The smallest absolute Gasteiger partial charge is 0.271 e. The molecule has 0 aromatic carbocycles. The number of hydrogen-bond donors (Lipinski definition) is 2. The van der Waals surface area contributed by atoms with E-state index in [9.17, 15) is 9.59 Å². The molecule has 1 fully saturated rings. The van der Waals surface area contributed by atoms with E-state index in [1.54, 1.807) is 6.20 Å². The normalized spacial score (nSPS) is 15.6. The van der Waals surface area contributed by atoms with Crippen LogP contribution in [0.15, 0.2) is 85.3 Å². The zero-order valence-corrected chi connectivity index (χ0v) is 26.1. The number of amides is 2. The van der Waals surface area contributed by atoms with Gasteiger partial charge in [-0.25, -0.2) is 4.98 Å². The Labute approximate surface area is 258 Å². The van der Waals surface area contributed by atoms with Crippen molar-refractivity contribution in [3.8, 4) is 0 Å². The number of carbonyl (C=O) groups is 2. The molecule has 234 valence electrons. The Balaban J connectivity index is 1.58. The number of allylic oxidation sites excluding steroid dienone is 12. The lowest BCUT2D eigenvalue weighted by atomic mass is 10.2. The molecule has 0 aliphatic carbocycles. The van der Waals surface area contributed by atoms with Crippen molar-refractivity contribution in [3.63, 3.8) is 0 Å². The van der Waals surface area contributed by atoms with Crippen molar-refractivity contribution in [1.82, 2.24) is 25.5 Å². The lowest BCUT2D eigenvalue weighted by Gasteiger charge is -2.34. The van der Waals surface area contributed by atoms with Crippen molar-refractivity contribution in [2.24, 2.45) is 0 Å². The largest absolute Gasteiger partial charge is 0.379 e. The minimum absolute atomic E-state index is 0.00789. The second kappa shape index (κ2) is 23.9. The molecule has 2 N–H and O–H groups in total. The van der Waals surface area contributed by atoms with E-state index in [0.717, 1.165) is 57.3 Å². The molecular weight excluding hydrogens is 538 g/mol. The Bertz CT molecular complexity index is 1080. The molecule has 8 nitrogen and oxygen atoms in total. The van der Waals surface area contributed by atoms with E-state index in [-0.39, 0.29) is 23.6 Å². The van der Waals surface area contributed by atoms with Crippen molar-refractivity contribution in [3.05, 3.63) is 96.7 Å². The maximum atomic E-state index is 12.5. The highest BCUT2D eigenvalue weighted by molar-refractivity contribution is 5.91. The molecule has 1 unspecified atom stereocenters. The van der Waals surface area contributed by atoms with E-state index < -0.39 is 0 Å². The number of rotatable bonds is 20. The molecule has 1 aliphatic rings. The average Bonchev–Trinajstić information content (AvgIpc) is 3.02. The zero-order valence-electron chi connectivity index (χ0n) is 26.1. The molecule has 2 rings (SSSR count). The summed E-state index contributed by atoms with van der Waals surface area (Å²) < 4.78 is 5.47. The van der Waals surface area contributed by atoms with Crippen LogP contribution in [0.1, 0.15) is 74.5 Å². The zero-order chi connectivity index (χ0) is 30.8. The third kappa shape index (κ3) is 17.8. The van der Waals surface area contributed by atoms with Crippen LogP contribution in [0, 0.1) is 6.92 Å². The highest BCUT2D eigenvalue weighted by Crippen LogP contribution is 2.05. The highest BCUT2D eigenvalue weighted by Gasteiger charge is 2.22. The Hall–Kier alpha value is -3.62. The van der Waals surface area contributed by atoms with Crippen LogP contribution in [0.2, 0.25) is 0 Å². The first kappa shape index (κ1) is 35.6. The summed E-state index contributed by atoms with van der Waals surface area (Å²) in [6.07, 6.45) is 36.1. The molecule has 1 aromatic rings. The van der Waals surface area contributed by atoms with Gasteiger partial charge in [0.15, 0.2) is 0 Å². The van der Waals surface area contributed by atoms with Crippen LogP contribution in [0.25, 0.3) is 0 Å². The molecule has 0 radical (unpaired) electrons. The van der Waals surface area contributed by atoms with Crippen LogP contribution in [0.3, 0.4) is 0 Å². The van der Waals surface area contributed by atoms with Gasteiger partial charge in [-0.1, -0.05) is 79.8 Å². The number of aryl methyl sites for hydroxylation is 1. The van der Waals surface area contributed by atoms with E-state index >= 15 is 0 Å². The Kier molecular flexibility index (Phi) is 19.8. The lowest BCUT2D eigenvalue weighted by molar-refractivity contribution is -0.121. The average molecular weight is 590 g/mol. The number of morpholine rings is 1. The lowest BCUT2D eigenvalue weighted by Crippen LogP contribution is -2.53. The summed E-state index contributed by atoms with van der Waals surface area (Å²) in [7, 11) is 0. The van der Waals surface area contributed by atoms with Crippen LogP contribution < -0.4 is 10.6 Å². The molecule has 0 saturated carbocycles. The van der Waals surface area contributed by atoms with Gasteiger partial charge in [-0.2, -0.15) is 0 Å². The summed E-state index contributed by atoms with van der Waals surface area (Å²) in [5.74, 6) is -0.261. The molecule has 0 bridgehead atoms. The first-order chi connectivity index (χ1) is 21.1. The van der Waals surface area contributed by atoms with E-state index in [4.69, 9.17) is 4.74 Å². The van der Waals surface area contributed by atoms with E-state index in [1.807, 2.05) is 6.92 Å². The highest BCUT2D eigenvalue weighted by atomic mass is 16.5. The predicted molar refractivity (Wildman–Crippen MR) is 176 cm³/mol. The summed E-state index contributed by atoms with van der Waals surface area (Å²) in [6, 6.07) is -0.0268. The minimum atomic E-state index is -0.269. The Morgan fingerprint density at radius 1 is 0.791 bits per heavy atom. The standard InChI is InChI=1S/C35H51N5O3/c1-3-4-5-6-7-8-9-10-11-12-13-14-15-16-17-18-19-20-21-22-34(41)38-28-32(40-23-25-43-26-24-40)29-39-35(42)33-30-36-31(2)27-37-33/h4-5,7-8,10-11,13-14,16-17,19-20,27,30,32H,3,6,9,12,15,18,21-26,28-29H2,1-2H3,(H,38,41)(H,39,42). The minimum Gasteiger partial charge on any atom is -0.379 e. The molecule has 1 aromatic heterocycles. The fourth-order valence-corrected chi connectivity index (χ4v) is 4.26. The summed E-state index contributed by atoms with van der Waals surface area (Å²) in [5, 5.41) is 5.99. The molecule has 1 atom stereocenters. The van der Waals surface area contributed by atoms with E-state index in [2.05, 4.69) is 105 Å². The molecule has 0 spiro atoms. The number of nitrogens with one attached hydrogen (secondary N) is 2. The van der Waals surface area contributed by atoms with Gasteiger partial charge in [-0.15, -0.1) is 0 Å². The maximum Gasteiger partial charge on any atom is 0.271 e. The topological polar surface area (TPSA) is 96.5 Å². The first-order valence-corrected chi connectivity index (χ1v) is 15.7. The van der Waals surface area contributed by atoms with Crippen molar-refractivity contribution < 1.29 is 14.3 Å². The van der Waals surface area contributed by atoms with E-state index in [0.29, 0.717) is 39.1 Å². The van der Waals surface area contributed by atoms with Crippen LogP contribution in [-0.2, 0) is 9.53 Å². The number of nitrogens with zero attached hydrogens (tertiary/aromatic N) is 3. The molecule has 43 heavy (non-hydrogen) atoms. The number of carbonyl (C=O) groups excluding carboxylic acids is 2. The molecular formula is C35H51N5O3. The number of ether oxygens (including phenoxy) is 1. The van der Waals surface area contributed by atoms with Gasteiger partial charge in [0.05, 0.1) is 25.1 Å². The summed E-state index contributed by atoms with van der Waals surface area (Å²) in [6.45, 7) is 7.66. The maximum absolute atomic E-state index is 12.5. The molecule has 2 heterocycles. The van der Waals surface area contributed by atoms with Crippen LogP contribution in [0.4, 0.5) is 0 Å². The van der Waals surface area contributed by atoms with Gasteiger partial charge < -0.3 is 15.4 Å². The van der Waals surface area contributed by atoms with Crippen LogP contribution >= 0.6 is 0 Å². The fourth-order valence-electron chi connectivity index (χ4n) is 4.26. The van der Waals surface area contributed by atoms with Crippen LogP contribution in [-0.4, -0.2) is 72.1 Å². The molecule has 2 amide bonds. The van der Waals surface area contributed by atoms with Gasteiger partial charge in [0.2, 0.25) is 5.91 Å². The first-order valence-electron chi connectivity index (χ1n) is 15.7. The van der Waals surface area contributed by atoms with Crippen molar-refractivity contribution in [2.75, 3.05) is 39.4 Å². The van der Waals surface area contributed by atoms with Gasteiger partial charge in [-0.05, 0) is 51.9 Å². The quantitative estimate of drug-likeness (QED) is 0.186. The van der Waals surface area contributed by atoms with Gasteiger partial charge >= 0.3 is 0 Å². The molecule has 1 saturated heterocycles. The third-order valence-corrected chi connectivity index (χ3v) is 6.74. The number of aromatic nitrogens is 2. The predicted octanol–water partition coefficient (Wildman–Crippen LogP) is 5.81. The number of hydrogen-bond acceptors (Lipinski definition) is 6. The second-order valence-electron chi connectivity index (χ2n) is 10.3. The molecule has 8 heteroatoms. The summed E-state index contributed by atoms with van der Waals surface area (Å²) in [5.41, 5.74) is 1.04. The molecule has 1 aliphatic heterocycles. The van der Waals surface area contributed by atoms with Crippen LogP contribution in [0.5, 0.6) is 0 Å². The van der Waals surface area contributed by atoms with E-state index in [1.165, 1.54) is 6.20 Å². The summed E-state index contributed by atoms with van der Waals surface area (Å²) >= 11 is 0. The summed E-state index contributed by atoms with van der Waals surface area (Å²) in [4.78, 5) is 35.5. The van der Waals surface area contributed by atoms with Gasteiger partial charge in [0.1, 0.15) is 5.69 Å². The van der Waals surface area contributed by atoms with Crippen molar-refractivity contribution in [2.45, 2.75) is 71.3 Å². The monoisotopic (exact) mass is 589 g/mol. The fraction of sp³-hybridized carbons (Fsp3) is 0.486.